The van der Waals surface area contributed by atoms with Gasteiger partial charge in [0, 0.05) is 6.61 Å². The molecule has 2 rings (SSSR count). The lowest BCUT2D eigenvalue weighted by Gasteiger charge is -2.22. The van der Waals surface area contributed by atoms with E-state index in [0.717, 1.165) is 13.0 Å². The zero-order valence-corrected chi connectivity index (χ0v) is 10.1. The number of amides is 1. The Labute approximate surface area is 96.9 Å². The largest absolute Gasteiger partial charge is 0.376 e. The summed E-state index contributed by atoms with van der Waals surface area (Å²) < 4.78 is 5.68. The molecule has 92 valence electrons. The number of nitrogens with two attached hydrogens (primary N) is 1. The fraction of sp³-hybridized carbons (Fsp3) is 0.917. The van der Waals surface area contributed by atoms with Crippen molar-refractivity contribution in [2.75, 3.05) is 6.61 Å². The third-order valence-corrected chi connectivity index (χ3v) is 3.57. The summed E-state index contributed by atoms with van der Waals surface area (Å²) in [5.41, 5.74) is 5.82. The predicted molar refractivity (Wildman–Crippen MR) is 61.8 cm³/mol. The van der Waals surface area contributed by atoms with Crippen molar-refractivity contribution in [1.82, 2.24) is 5.32 Å². The van der Waals surface area contributed by atoms with Crippen LogP contribution in [-0.4, -0.2) is 30.7 Å². The SMILES string of the molecule is CC(C)C(N)C(=O)NC1CCOC1C1CC1. The summed E-state index contributed by atoms with van der Waals surface area (Å²) in [5.74, 6) is 0.820. The maximum Gasteiger partial charge on any atom is 0.237 e. The van der Waals surface area contributed by atoms with Gasteiger partial charge in [0.1, 0.15) is 0 Å². The third kappa shape index (κ3) is 2.55. The first-order valence-corrected chi connectivity index (χ1v) is 6.27. The van der Waals surface area contributed by atoms with E-state index in [4.69, 9.17) is 10.5 Å². The van der Waals surface area contributed by atoms with Crippen LogP contribution in [0.5, 0.6) is 0 Å². The van der Waals surface area contributed by atoms with Gasteiger partial charge in [-0.25, -0.2) is 0 Å². The quantitative estimate of drug-likeness (QED) is 0.740. The van der Waals surface area contributed by atoms with E-state index in [1.165, 1.54) is 12.8 Å². The van der Waals surface area contributed by atoms with Crippen molar-refractivity contribution < 1.29 is 9.53 Å². The third-order valence-electron chi connectivity index (χ3n) is 3.57. The maximum atomic E-state index is 11.8. The van der Waals surface area contributed by atoms with E-state index in [0.29, 0.717) is 5.92 Å². The van der Waals surface area contributed by atoms with E-state index in [1.54, 1.807) is 0 Å². The summed E-state index contributed by atoms with van der Waals surface area (Å²) >= 11 is 0. The molecule has 1 amide bonds. The first kappa shape index (κ1) is 11.9. The Morgan fingerprint density at radius 3 is 2.62 bits per heavy atom. The van der Waals surface area contributed by atoms with E-state index in [2.05, 4.69) is 5.32 Å². The van der Waals surface area contributed by atoms with Crippen LogP contribution in [0.2, 0.25) is 0 Å². The van der Waals surface area contributed by atoms with E-state index in [-0.39, 0.29) is 24.0 Å². The summed E-state index contributed by atoms with van der Waals surface area (Å²) in [6, 6.07) is -0.217. The van der Waals surface area contributed by atoms with Crippen LogP contribution in [0.3, 0.4) is 0 Å². The first-order chi connectivity index (χ1) is 7.59. The minimum atomic E-state index is -0.402. The Morgan fingerprint density at radius 2 is 2.06 bits per heavy atom. The van der Waals surface area contributed by atoms with E-state index >= 15 is 0 Å². The second-order valence-corrected chi connectivity index (χ2v) is 5.35. The molecule has 16 heavy (non-hydrogen) atoms. The van der Waals surface area contributed by atoms with Crippen LogP contribution in [0.15, 0.2) is 0 Å². The Kier molecular flexibility index (Phi) is 3.50. The van der Waals surface area contributed by atoms with E-state index < -0.39 is 6.04 Å². The molecule has 0 spiro atoms. The van der Waals surface area contributed by atoms with Crippen LogP contribution in [0.1, 0.15) is 33.1 Å². The highest BCUT2D eigenvalue weighted by Crippen LogP contribution is 2.38. The van der Waals surface area contributed by atoms with E-state index in [9.17, 15) is 4.79 Å². The van der Waals surface area contributed by atoms with Gasteiger partial charge in [-0.3, -0.25) is 4.79 Å². The van der Waals surface area contributed by atoms with Crippen LogP contribution < -0.4 is 11.1 Å². The smallest absolute Gasteiger partial charge is 0.237 e. The molecule has 0 radical (unpaired) electrons. The average molecular weight is 226 g/mol. The minimum absolute atomic E-state index is 0.0313. The first-order valence-electron chi connectivity index (χ1n) is 6.27. The van der Waals surface area contributed by atoms with Gasteiger partial charge in [0.2, 0.25) is 5.91 Å². The van der Waals surface area contributed by atoms with Crippen molar-refractivity contribution in [2.24, 2.45) is 17.6 Å². The number of hydrogen-bond donors (Lipinski definition) is 2. The van der Waals surface area contributed by atoms with Crippen LogP contribution >= 0.6 is 0 Å². The lowest BCUT2D eigenvalue weighted by molar-refractivity contribution is -0.124. The second kappa shape index (κ2) is 4.72. The Morgan fingerprint density at radius 1 is 1.38 bits per heavy atom. The number of carbonyl (C=O) groups excluding carboxylic acids is 1. The zero-order valence-electron chi connectivity index (χ0n) is 10.1. The molecule has 0 bridgehead atoms. The normalized spacial score (nSPS) is 31.8. The van der Waals surface area contributed by atoms with Crippen molar-refractivity contribution in [3.8, 4) is 0 Å². The van der Waals surface area contributed by atoms with Gasteiger partial charge in [0.05, 0.1) is 18.2 Å². The Bertz CT molecular complexity index is 264. The predicted octanol–water partition coefficient (Wildman–Crippen LogP) is 0.653. The molecular formula is C12H22N2O2. The molecule has 4 nitrogen and oxygen atoms in total. The molecule has 1 aliphatic carbocycles. The molecule has 1 saturated carbocycles. The highest BCUT2D eigenvalue weighted by molar-refractivity contribution is 5.82. The van der Waals surface area contributed by atoms with Crippen molar-refractivity contribution in [2.45, 2.75) is 51.3 Å². The number of rotatable bonds is 4. The van der Waals surface area contributed by atoms with Gasteiger partial charge >= 0.3 is 0 Å². The lowest BCUT2D eigenvalue weighted by atomic mass is 10.0. The fourth-order valence-electron chi connectivity index (χ4n) is 2.24. The molecule has 3 atom stereocenters. The molecule has 0 aromatic heterocycles. The molecular weight excluding hydrogens is 204 g/mol. The van der Waals surface area contributed by atoms with Gasteiger partial charge in [0.25, 0.3) is 0 Å². The van der Waals surface area contributed by atoms with Crippen LogP contribution in [0.25, 0.3) is 0 Å². The van der Waals surface area contributed by atoms with Gasteiger partial charge in [-0.05, 0) is 31.1 Å². The van der Waals surface area contributed by atoms with Gasteiger partial charge in [-0.15, -0.1) is 0 Å². The standard InChI is InChI=1S/C12H22N2O2/c1-7(2)10(13)12(15)14-9-5-6-16-11(9)8-3-4-8/h7-11H,3-6,13H2,1-2H3,(H,14,15). The molecule has 1 heterocycles. The van der Waals surface area contributed by atoms with Gasteiger partial charge in [-0.1, -0.05) is 13.8 Å². The molecule has 3 N–H and O–H groups in total. The van der Waals surface area contributed by atoms with Gasteiger partial charge in [0.15, 0.2) is 0 Å². The van der Waals surface area contributed by atoms with Gasteiger partial charge in [-0.2, -0.15) is 0 Å². The summed E-state index contributed by atoms with van der Waals surface area (Å²) in [5, 5.41) is 3.04. The molecule has 4 heteroatoms. The fourth-order valence-corrected chi connectivity index (χ4v) is 2.24. The number of ether oxygens (including phenoxy) is 1. The van der Waals surface area contributed by atoms with Crippen molar-refractivity contribution in [1.29, 1.82) is 0 Å². The molecule has 1 saturated heterocycles. The average Bonchev–Trinajstić information content (AvgIpc) is 2.99. The highest BCUT2D eigenvalue weighted by Gasteiger charge is 2.41. The summed E-state index contributed by atoms with van der Waals surface area (Å²) in [6.45, 7) is 4.70. The Hall–Kier alpha value is -0.610. The summed E-state index contributed by atoms with van der Waals surface area (Å²) in [4.78, 5) is 11.8. The minimum Gasteiger partial charge on any atom is -0.376 e. The van der Waals surface area contributed by atoms with Crippen molar-refractivity contribution in [3.05, 3.63) is 0 Å². The number of carbonyl (C=O) groups is 1. The topological polar surface area (TPSA) is 64.4 Å². The maximum absolute atomic E-state index is 11.8. The number of nitrogens with one attached hydrogen (secondary N) is 1. The van der Waals surface area contributed by atoms with Crippen LogP contribution in [0, 0.1) is 11.8 Å². The molecule has 3 unspecified atom stereocenters. The molecule has 0 aromatic rings. The highest BCUT2D eigenvalue weighted by atomic mass is 16.5. The van der Waals surface area contributed by atoms with Crippen LogP contribution in [0.4, 0.5) is 0 Å². The Balaban J connectivity index is 1.86. The lowest BCUT2D eigenvalue weighted by Crippen LogP contribution is -2.50. The zero-order chi connectivity index (χ0) is 11.7. The van der Waals surface area contributed by atoms with E-state index in [1.807, 2.05) is 13.8 Å². The van der Waals surface area contributed by atoms with Crippen LogP contribution in [-0.2, 0) is 9.53 Å². The molecule has 0 aromatic carbocycles. The van der Waals surface area contributed by atoms with Crippen molar-refractivity contribution >= 4 is 5.91 Å². The molecule has 2 aliphatic rings. The monoisotopic (exact) mass is 226 g/mol. The molecule has 1 aliphatic heterocycles. The summed E-state index contributed by atoms with van der Waals surface area (Å²) in [6.07, 6.45) is 3.65. The summed E-state index contributed by atoms with van der Waals surface area (Å²) in [7, 11) is 0. The molecule has 2 fully saturated rings. The van der Waals surface area contributed by atoms with Gasteiger partial charge < -0.3 is 15.8 Å². The number of hydrogen-bond acceptors (Lipinski definition) is 3. The second-order valence-electron chi connectivity index (χ2n) is 5.35. The van der Waals surface area contributed by atoms with Crippen molar-refractivity contribution in [3.63, 3.8) is 0 Å².